The molecule has 0 saturated carbocycles. The van der Waals surface area contributed by atoms with E-state index in [0.29, 0.717) is 0 Å². The van der Waals surface area contributed by atoms with Gasteiger partial charge in [0.15, 0.2) is 0 Å². The Hall–Kier alpha value is -1.07. The molecule has 0 aliphatic carbocycles. The largest absolute Gasteiger partial charge is 0.490 e. The van der Waals surface area contributed by atoms with E-state index in [-0.39, 0.29) is 11.2 Å². The molecule has 4 N–H and O–H groups in total. The van der Waals surface area contributed by atoms with Crippen LogP contribution < -0.4 is 11.2 Å². The first-order valence-corrected chi connectivity index (χ1v) is 3.02. The van der Waals surface area contributed by atoms with Crippen molar-refractivity contribution in [3.63, 3.8) is 0 Å². The highest BCUT2D eigenvalue weighted by Gasteiger charge is 2.14. The van der Waals surface area contributed by atoms with E-state index in [1.54, 1.807) is 0 Å². The summed E-state index contributed by atoms with van der Waals surface area (Å²) in [4.78, 5) is 0. The lowest BCUT2D eigenvalue weighted by atomic mass is 9.79. The first-order chi connectivity index (χ1) is 5.11. The Kier molecular flexibility index (Phi) is 2.12. The van der Waals surface area contributed by atoms with Gasteiger partial charge in [-0.15, -0.1) is 0 Å². The Labute approximate surface area is 63.4 Å². The van der Waals surface area contributed by atoms with Crippen molar-refractivity contribution in [1.82, 2.24) is 0 Å². The van der Waals surface area contributed by atoms with Crippen LogP contribution in [0.1, 0.15) is 0 Å². The number of anilines is 1. The average Bonchev–Trinajstić information content (AvgIpc) is 1.94. The molecule has 0 amide bonds. The van der Waals surface area contributed by atoms with E-state index in [4.69, 9.17) is 15.8 Å². The van der Waals surface area contributed by atoms with Crippen molar-refractivity contribution >= 4 is 18.3 Å². The minimum Gasteiger partial charge on any atom is -0.423 e. The smallest absolute Gasteiger partial charge is 0.423 e. The number of hydrogen-bond donors (Lipinski definition) is 3. The van der Waals surface area contributed by atoms with E-state index in [2.05, 4.69) is 0 Å². The average molecular weight is 155 g/mol. The van der Waals surface area contributed by atoms with Crippen LogP contribution in [0, 0.1) is 5.82 Å². The highest BCUT2D eigenvalue weighted by atomic mass is 19.1. The molecule has 0 fully saturated rings. The van der Waals surface area contributed by atoms with Gasteiger partial charge in [-0.3, -0.25) is 0 Å². The third kappa shape index (κ3) is 1.69. The molecule has 1 aromatic rings. The topological polar surface area (TPSA) is 66.5 Å². The second-order valence-electron chi connectivity index (χ2n) is 2.15. The van der Waals surface area contributed by atoms with Crippen LogP contribution in [0.4, 0.5) is 10.1 Å². The second-order valence-corrected chi connectivity index (χ2v) is 2.15. The summed E-state index contributed by atoms with van der Waals surface area (Å²) in [6.45, 7) is 0. The third-order valence-corrected chi connectivity index (χ3v) is 1.33. The maximum atomic E-state index is 12.4. The third-order valence-electron chi connectivity index (χ3n) is 1.33. The van der Waals surface area contributed by atoms with E-state index >= 15 is 0 Å². The number of hydrogen-bond acceptors (Lipinski definition) is 3. The molecular formula is C6H7BFNO2. The second kappa shape index (κ2) is 2.90. The summed E-state index contributed by atoms with van der Waals surface area (Å²) >= 11 is 0. The molecule has 0 unspecified atom stereocenters. The van der Waals surface area contributed by atoms with E-state index < -0.39 is 12.9 Å². The number of benzene rings is 1. The summed E-state index contributed by atoms with van der Waals surface area (Å²) < 4.78 is 12.4. The zero-order valence-corrected chi connectivity index (χ0v) is 5.66. The van der Waals surface area contributed by atoms with Gasteiger partial charge >= 0.3 is 7.12 Å². The first-order valence-electron chi connectivity index (χ1n) is 3.02. The minimum absolute atomic E-state index is 0.00926. The van der Waals surface area contributed by atoms with Gasteiger partial charge in [0.2, 0.25) is 0 Å². The lowest BCUT2D eigenvalue weighted by Crippen LogP contribution is -2.32. The van der Waals surface area contributed by atoms with Gasteiger partial charge in [-0.05, 0) is 18.2 Å². The van der Waals surface area contributed by atoms with Crippen molar-refractivity contribution in [2.75, 3.05) is 5.73 Å². The molecule has 1 rings (SSSR count). The molecule has 11 heavy (non-hydrogen) atoms. The first kappa shape index (κ1) is 8.04. The molecule has 0 atom stereocenters. The summed E-state index contributed by atoms with van der Waals surface area (Å²) in [5.74, 6) is -0.540. The van der Waals surface area contributed by atoms with Gasteiger partial charge in [-0.25, -0.2) is 4.39 Å². The van der Waals surface area contributed by atoms with Gasteiger partial charge in [0.1, 0.15) is 5.82 Å². The SMILES string of the molecule is Nc1ccc(F)cc1B(O)O. The lowest BCUT2D eigenvalue weighted by molar-refractivity contribution is 0.425. The van der Waals surface area contributed by atoms with E-state index in [1.165, 1.54) is 6.07 Å². The predicted octanol–water partition coefficient (Wildman–Crippen LogP) is -0.912. The van der Waals surface area contributed by atoms with E-state index in [9.17, 15) is 4.39 Å². The van der Waals surface area contributed by atoms with Crippen LogP contribution in [-0.2, 0) is 0 Å². The molecule has 58 valence electrons. The molecule has 0 aromatic heterocycles. The quantitative estimate of drug-likeness (QED) is 0.363. The number of nitrogens with two attached hydrogens (primary N) is 1. The highest BCUT2D eigenvalue weighted by Crippen LogP contribution is 2.01. The molecule has 3 nitrogen and oxygen atoms in total. The van der Waals surface area contributed by atoms with Crippen molar-refractivity contribution in [2.45, 2.75) is 0 Å². The van der Waals surface area contributed by atoms with Crippen molar-refractivity contribution in [1.29, 1.82) is 0 Å². The van der Waals surface area contributed by atoms with Gasteiger partial charge < -0.3 is 15.8 Å². The van der Waals surface area contributed by atoms with Crippen LogP contribution in [0.2, 0.25) is 0 Å². The van der Waals surface area contributed by atoms with Crippen LogP contribution >= 0.6 is 0 Å². The Morgan fingerprint density at radius 3 is 2.45 bits per heavy atom. The van der Waals surface area contributed by atoms with Crippen molar-refractivity contribution in [3.05, 3.63) is 24.0 Å². The van der Waals surface area contributed by atoms with Crippen LogP contribution in [0.3, 0.4) is 0 Å². The standard InChI is InChI=1S/C6H7BFNO2/c8-4-1-2-6(9)5(3-4)7(10)11/h1-3,10-11H,9H2. The van der Waals surface area contributed by atoms with Crippen LogP contribution in [0.25, 0.3) is 0 Å². The van der Waals surface area contributed by atoms with Crippen molar-refractivity contribution in [3.8, 4) is 0 Å². The van der Waals surface area contributed by atoms with E-state index in [1.807, 2.05) is 0 Å². The number of rotatable bonds is 1. The maximum Gasteiger partial charge on any atom is 0.490 e. The predicted molar refractivity (Wildman–Crippen MR) is 40.6 cm³/mol. The van der Waals surface area contributed by atoms with E-state index in [0.717, 1.165) is 12.1 Å². The van der Waals surface area contributed by atoms with Gasteiger partial charge in [-0.1, -0.05) is 0 Å². The molecule has 0 spiro atoms. The molecule has 0 saturated heterocycles. The molecule has 0 radical (unpaired) electrons. The van der Waals surface area contributed by atoms with Gasteiger partial charge in [0, 0.05) is 11.2 Å². The monoisotopic (exact) mass is 155 g/mol. The Morgan fingerprint density at radius 1 is 1.36 bits per heavy atom. The Balaban J connectivity index is 3.13. The fourth-order valence-corrected chi connectivity index (χ4v) is 0.769. The van der Waals surface area contributed by atoms with Crippen LogP contribution in [0.15, 0.2) is 18.2 Å². The van der Waals surface area contributed by atoms with Crippen molar-refractivity contribution < 1.29 is 14.4 Å². The van der Waals surface area contributed by atoms with Gasteiger partial charge in [0.25, 0.3) is 0 Å². The van der Waals surface area contributed by atoms with Gasteiger partial charge in [0.05, 0.1) is 0 Å². The fraction of sp³-hybridized carbons (Fsp3) is 0. The Morgan fingerprint density at radius 2 is 2.00 bits per heavy atom. The zero-order chi connectivity index (χ0) is 8.43. The lowest BCUT2D eigenvalue weighted by Gasteiger charge is -2.02. The molecule has 1 aromatic carbocycles. The number of nitrogen functional groups attached to an aromatic ring is 1. The Bertz CT molecular complexity index is 267. The van der Waals surface area contributed by atoms with Crippen LogP contribution in [0.5, 0.6) is 0 Å². The van der Waals surface area contributed by atoms with Crippen molar-refractivity contribution in [2.24, 2.45) is 0 Å². The minimum atomic E-state index is -1.72. The fourth-order valence-electron chi connectivity index (χ4n) is 0.769. The molecular weight excluding hydrogens is 148 g/mol. The summed E-state index contributed by atoms with van der Waals surface area (Å²) in [5, 5.41) is 17.3. The molecule has 0 aliphatic heterocycles. The van der Waals surface area contributed by atoms with Gasteiger partial charge in [-0.2, -0.15) is 0 Å². The maximum absolute atomic E-state index is 12.4. The molecule has 5 heteroatoms. The normalized spacial score (nSPS) is 9.73. The summed E-state index contributed by atoms with van der Waals surface area (Å²) in [6, 6.07) is 3.42. The summed E-state index contributed by atoms with van der Waals surface area (Å²) in [6.07, 6.45) is 0. The summed E-state index contributed by atoms with van der Waals surface area (Å²) in [7, 11) is -1.72. The molecule has 0 bridgehead atoms. The highest BCUT2D eigenvalue weighted by molar-refractivity contribution is 6.60. The molecule has 0 heterocycles. The zero-order valence-electron chi connectivity index (χ0n) is 5.66. The number of halogens is 1. The molecule has 0 aliphatic rings. The summed E-state index contributed by atoms with van der Waals surface area (Å²) in [5.41, 5.74) is 5.46. The van der Waals surface area contributed by atoms with Crippen LogP contribution in [-0.4, -0.2) is 17.2 Å².